The Kier molecular flexibility index (Phi) is 5.37. The van der Waals surface area contributed by atoms with Crippen LogP contribution in [0.3, 0.4) is 0 Å². The Bertz CT molecular complexity index is 808. The molecule has 0 spiro atoms. The third-order valence-electron chi connectivity index (χ3n) is 3.39. The maximum absolute atomic E-state index is 12.0. The summed E-state index contributed by atoms with van der Waals surface area (Å²) in [7, 11) is 0. The number of nitrogens with one attached hydrogen (secondary N) is 1. The molecular formula is C16H17N7O2. The van der Waals surface area contributed by atoms with Crippen LogP contribution in [0.2, 0.25) is 0 Å². The molecule has 3 rings (SSSR count). The smallest absolute Gasteiger partial charge is 0.276 e. The second-order valence-corrected chi connectivity index (χ2v) is 5.30. The third-order valence-corrected chi connectivity index (χ3v) is 3.39. The predicted octanol–water partition coefficient (Wildman–Crippen LogP) is 0.150. The van der Waals surface area contributed by atoms with E-state index in [0.29, 0.717) is 42.5 Å². The van der Waals surface area contributed by atoms with Gasteiger partial charge in [0.05, 0.1) is 11.7 Å². The van der Waals surface area contributed by atoms with Gasteiger partial charge in [-0.15, -0.1) is 0 Å². The summed E-state index contributed by atoms with van der Waals surface area (Å²) in [6.45, 7) is 0.355. The SMILES string of the molecule is NC(Cc1cccnn1)C(=O)NCCc1noc(-c2ccccn2)n1. The number of nitrogens with two attached hydrogens (primary N) is 1. The number of hydrogen-bond acceptors (Lipinski definition) is 8. The largest absolute Gasteiger partial charge is 0.354 e. The maximum atomic E-state index is 12.0. The molecule has 1 atom stereocenters. The van der Waals surface area contributed by atoms with Crippen LogP contribution in [0.15, 0.2) is 47.2 Å². The highest BCUT2D eigenvalue weighted by molar-refractivity contribution is 5.81. The molecule has 1 amide bonds. The fourth-order valence-corrected chi connectivity index (χ4v) is 2.14. The molecule has 0 saturated heterocycles. The molecule has 3 heterocycles. The van der Waals surface area contributed by atoms with Crippen molar-refractivity contribution in [1.82, 2.24) is 30.6 Å². The van der Waals surface area contributed by atoms with E-state index in [2.05, 4.69) is 30.6 Å². The van der Waals surface area contributed by atoms with Crippen molar-refractivity contribution in [3.63, 3.8) is 0 Å². The molecule has 25 heavy (non-hydrogen) atoms. The highest BCUT2D eigenvalue weighted by atomic mass is 16.5. The first-order valence-corrected chi connectivity index (χ1v) is 7.76. The van der Waals surface area contributed by atoms with E-state index in [0.717, 1.165) is 0 Å². The minimum absolute atomic E-state index is 0.265. The van der Waals surface area contributed by atoms with Gasteiger partial charge in [-0.05, 0) is 24.3 Å². The number of rotatable bonds is 7. The van der Waals surface area contributed by atoms with Crippen LogP contribution in [0.5, 0.6) is 0 Å². The van der Waals surface area contributed by atoms with Crippen molar-refractivity contribution >= 4 is 5.91 Å². The van der Waals surface area contributed by atoms with Gasteiger partial charge in [-0.1, -0.05) is 11.2 Å². The fourth-order valence-electron chi connectivity index (χ4n) is 2.14. The lowest BCUT2D eigenvalue weighted by Gasteiger charge is -2.10. The first kappa shape index (κ1) is 16.7. The number of carbonyl (C=O) groups is 1. The maximum Gasteiger partial charge on any atom is 0.276 e. The van der Waals surface area contributed by atoms with Crippen LogP contribution in [0.1, 0.15) is 11.5 Å². The number of amides is 1. The zero-order chi connectivity index (χ0) is 17.5. The average Bonchev–Trinajstić information content (AvgIpc) is 3.12. The van der Waals surface area contributed by atoms with Gasteiger partial charge in [0.2, 0.25) is 5.91 Å². The van der Waals surface area contributed by atoms with Gasteiger partial charge >= 0.3 is 0 Å². The van der Waals surface area contributed by atoms with Crippen LogP contribution >= 0.6 is 0 Å². The average molecular weight is 339 g/mol. The molecular weight excluding hydrogens is 322 g/mol. The van der Waals surface area contributed by atoms with Crippen LogP contribution < -0.4 is 11.1 Å². The molecule has 0 radical (unpaired) electrons. The van der Waals surface area contributed by atoms with Gasteiger partial charge in [-0.3, -0.25) is 9.78 Å². The second kappa shape index (κ2) is 8.06. The molecule has 0 aliphatic heterocycles. The normalized spacial score (nSPS) is 11.9. The molecule has 1 unspecified atom stereocenters. The molecule has 0 aromatic carbocycles. The molecule has 0 saturated carbocycles. The topological polar surface area (TPSA) is 133 Å². The Balaban J connectivity index is 1.46. The standard InChI is InChI=1S/C16H17N7O2/c17-12(10-11-4-3-8-20-22-11)15(24)19-9-6-14-21-16(25-23-14)13-5-1-2-7-18-13/h1-5,7-8,12H,6,9-10,17H2,(H,19,24). The zero-order valence-corrected chi connectivity index (χ0v) is 13.4. The van der Waals surface area contributed by atoms with E-state index in [9.17, 15) is 4.79 Å². The minimum atomic E-state index is -0.689. The monoisotopic (exact) mass is 339 g/mol. The summed E-state index contributed by atoms with van der Waals surface area (Å²) >= 11 is 0. The van der Waals surface area contributed by atoms with Crippen LogP contribution in [-0.4, -0.2) is 43.8 Å². The van der Waals surface area contributed by atoms with E-state index in [1.807, 2.05) is 6.07 Å². The minimum Gasteiger partial charge on any atom is -0.354 e. The van der Waals surface area contributed by atoms with Crippen LogP contribution in [-0.2, 0) is 17.6 Å². The molecule has 3 aromatic rings. The van der Waals surface area contributed by atoms with Crippen molar-refractivity contribution in [3.8, 4) is 11.6 Å². The lowest BCUT2D eigenvalue weighted by Crippen LogP contribution is -2.42. The number of aromatic nitrogens is 5. The summed E-state index contributed by atoms with van der Waals surface area (Å²) < 4.78 is 5.16. The van der Waals surface area contributed by atoms with Crippen molar-refractivity contribution in [3.05, 3.63) is 54.2 Å². The molecule has 128 valence electrons. The highest BCUT2D eigenvalue weighted by Crippen LogP contribution is 2.13. The predicted molar refractivity (Wildman–Crippen MR) is 88.0 cm³/mol. The van der Waals surface area contributed by atoms with Gasteiger partial charge in [-0.2, -0.15) is 15.2 Å². The summed E-state index contributed by atoms with van der Waals surface area (Å²) in [4.78, 5) is 20.4. The van der Waals surface area contributed by atoms with Crippen LogP contribution in [0.4, 0.5) is 0 Å². The van der Waals surface area contributed by atoms with Gasteiger partial charge in [0.15, 0.2) is 5.82 Å². The first-order valence-electron chi connectivity index (χ1n) is 7.76. The zero-order valence-electron chi connectivity index (χ0n) is 13.4. The van der Waals surface area contributed by atoms with E-state index in [1.54, 1.807) is 36.7 Å². The Labute approximate surface area is 143 Å². The van der Waals surface area contributed by atoms with Gasteiger partial charge in [-0.25, -0.2) is 0 Å². The Morgan fingerprint density at radius 1 is 1.24 bits per heavy atom. The van der Waals surface area contributed by atoms with Crippen molar-refractivity contribution in [2.45, 2.75) is 18.9 Å². The summed E-state index contributed by atoms with van der Waals surface area (Å²) in [6, 6.07) is 8.27. The molecule has 9 heteroatoms. The fraction of sp³-hybridized carbons (Fsp3) is 0.250. The van der Waals surface area contributed by atoms with E-state index in [-0.39, 0.29) is 5.91 Å². The highest BCUT2D eigenvalue weighted by Gasteiger charge is 2.15. The summed E-state index contributed by atoms with van der Waals surface area (Å²) in [5.41, 5.74) is 7.15. The number of pyridine rings is 1. The quantitative estimate of drug-likeness (QED) is 0.621. The van der Waals surface area contributed by atoms with Crippen molar-refractivity contribution < 1.29 is 9.32 Å². The lowest BCUT2D eigenvalue weighted by atomic mass is 10.1. The summed E-state index contributed by atoms with van der Waals surface area (Å²) in [5, 5.41) is 14.3. The van der Waals surface area contributed by atoms with E-state index in [1.165, 1.54) is 0 Å². The van der Waals surface area contributed by atoms with E-state index in [4.69, 9.17) is 10.3 Å². The molecule has 9 nitrogen and oxygen atoms in total. The van der Waals surface area contributed by atoms with Crippen molar-refractivity contribution in [2.75, 3.05) is 6.54 Å². The second-order valence-electron chi connectivity index (χ2n) is 5.30. The Morgan fingerprint density at radius 3 is 2.92 bits per heavy atom. The third kappa shape index (κ3) is 4.64. The summed E-state index contributed by atoms with van der Waals surface area (Å²) in [6.07, 6.45) is 3.98. The number of carbonyl (C=O) groups excluding carboxylic acids is 1. The van der Waals surface area contributed by atoms with E-state index < -0.39 is 6.04 Å². The lowest BCUT2D eigenvalue weighted by molar-refractivity contribution is -0.122. The summed E-state index contributed by atoms with van der Waals surface area (Å²) in [5.74, 6) is 0.573. The van der Waals surface area contributed by atoms with Crippen molar-refractivity contribution in [1.29, 1.82) is 0 Å². The van der Waals surface area contributed by atoms with Gasteiger partial charge in [0.25, 0.3) is 5.89 Å². The van der Waals surface area contributed by atoms with Crippen LogP contribution in [0, 0.1) is 0 Å². The van der Waals surface area contributed by atoms with E-state index >= 15 is 0 Å². The van der Waals surface area contributed by atoms with Crippen LogP contribution in [0.25, 0.3) is 11.6 Å². The molecule has 0 bridgehead atoms. The Morgan fingerprint density at radius 2 is 2.16 bits per heavy atom. The molecule has 0 aliphatic carbocycles. The number of hydrogen-bond donors (Lipinski definition) is 2. The van der Waals surface area contributed by atoms with Gasteiger partial charge in [0.1, 0.15) is 5.69 Å². The molecule has 0 aliphatic rings. The van der Waals surface area contributed by atoms with Gasteiger partial charge in [0, 0.05) is 31.8 Å². The number of nitrogens with zero attached hydrogens (tertiary/aromatic N) is 5. The van der Waals surface area contributed by atoms with Crippen molar-refractivity contribution in [2.24, 2.45) is 5.73 Å². The van der Waals surface area contributed by atoms with Gasteiger partial charge < -0.3 is 15.6 Å². The molecule has 3 N–H and O–H groups in total. The molecule has 3 aromatic heterocycles. The first-order chi connectivity index (χ1) is 12.2. The molecule has 0 fully saturated rings. The Hall–Kier alpha value is -3.20.